The van der Waals surface area contributed by atoms with Crippen molar-refractivity contribution in [3.63, 3.8) is 0 Å². The van der Waals surface area contributed by atoms with Crippen LogP contribution < -0.4 is 10.6 Å². The first-order valence-electron chi connectivity index (χ1n) is 11.0. The van der Waals surface area contributed by atoms with E-state index >= 15 is 0 Å². The van der Waals surface area contributed by atoms with Crippen LogP contribution in [0.15, 0.2) is 55.0 Å². The Morgan fingerprint density at radius 3 is 2.94 bits per heavy atom. The molecule has 3 heterocycles. The van der Waals surface area contributed by atoms with Crippen molar-refractivity contribution in [1.82, 2.24) is 15.3 Å². The fraction of sp³-hybridized carbons (Fsp3) is 0.360. The van der Waals surface area contributed by atoms with E-state index in [-0.39, 0.29) is 5.82 Å². The van der Waals surface area contributed by atoms with Gasteiger partial charge in [0.2, 0.25) is 0 Å². The van der Waals surface area contributed by atoms with Crippen LogP contribution in [-0.4, -0.2) is 23.1 Å². The van der Waals surface area contributed by atoms with E-state index in [1.807, 2.05) is 18.3 Å². The van der Waals surface area contributed by atoms with Crippen LogP contribution in [0, 0.1) is 11.7 Å². The monoisotopic (exact) mass is 438 g/mol. The van der Waals surface area contributed by atoms with Gasteiger partial charge in [0.1, 0.15) is 5.82 Å². The van der Waals surface area contributed by atoms with Crippen molar-refractivity contribution in [3.8, 4) is 11.1 Å². The normalized spacial score (nSPS) is 16.3. The SMILES string of the molecule is Fc1cccc(CNc2cncc(-c3cc(CCC[C@H]4CCCNC4)ncc3Cl)c2)c1. The molecule has 1 saturated heterocycles. The largest absolute Gasteiger partial charge is 0.380 e. The van der Waals surface area contributed by atoms with Crippen LogP contribution in [0.2, 0.25) is 5.02 Å². The van der Waals surface area contributed by atoms with Gasteiger partial charge in [-0.3, -0.25) is 9.97 Å². The molecular formula is C25H28ClFN4. The van der Waals surface area contributed by atoms with Crippen LogP contribution in [0.25, 0.3) is 11.1 Å². The van der Waals surface area contributed by atoms with Gasteiger partial charge >= 0.3 is 0 Å². The molecule has 2 N–H and O–H groups in total. The van der Waals surface area contributed by atoms with Gasteiger partial charge in [-0.15, -0.1) is 0 Å². The summed E-state index contributed by atoms with van der Waals surface area (Å²) < 4.78 is 13.4. The van der Waals surface area contributed by atoms with E-state index in [2.05, 4.69) is 26.7 Å². The third-order valence-corrected chi connectivity index (χ3v) is 6.09. The van der Waals surface area contributed by atoms with Crippen molar-refractivity contribution in [2.75, 3.05) is 18.4 Å². The Hall–Kier alpha value is -2.50. The van der Waals surface area contributed by atoms with Crippen LogP contribution in [0.1, 0.15) is 36.9 Å². The number of hydrogen-bond donors (Lipinski definition) is 2. The second kappa shape index (κ2) is 10.7. The Balaban J connectivity index is 1.41. The zero-order valence-corrected chi connectivity index (χ0v) is 18.3. The molecule has 4 nitrogen and oxygen atoms in total. The lowest BCUT2D eigenvalue weighted by Gasteiger charge is -2.22. The van der Waals surface area contributed by atoms with E-state index in [4.69, 9.17) is 11.6 Å². The van der Waals surface area contributed by atoms with Crippen LogP contribution in [0.4, 0.5) is 10.1 Å². The second-order valence-corrected chi connectivity index (χ2v) is 8.61. The Bertz CT molecular complexity index is 1000. The molecule has 1 fully saturated rings. The van der Waals surface area contributed by atoms with Crippen LogP contribution in [-0.2, 0) is 13.0 Å². The van der Waals surface area contributed by atoms with Crippen molar-refractivity contribution in [2.45, 2.75) is 38.6 Å². The number of aromatic nitrogens is 2. The topological polar surface area (TPSA) is 49.8 Å². The Kier molecular flexibility index (Phi) is 7.49. The lowest BCUT2D eigenvalue weighted by molar-refractivity contribution is 0.350. The molecule has 0 aliphatic carbocycles. The van der Waals surface area contributed by atoms with Crippen molar-refractivity contribution in [1.29, 1.82) is 0 Å². The molecule has 2 aromatic heterocycles. The molecule has 3 aromatic rings. The smallest absolute Gasteiger partial charge is 0.123 e. The first-order valence-corrected chi connectivity index (χ1v) is 11.3. The minimum absolute atomic E-state index is 0.234. The van der Waals surface area contributed by atoms with Crippen molar-refractivity contribution in [2.24, 2.45) is 5.92 Å². The number of rotatable bonds is 8. The van der Waals surface area contributed by atoms with Crippen molar-refractivity contribution in [3.05, 3.63) is 77.1 Å². The quantitative estimate of drug-likeness (QED) is 0.461. The summed E-state index contributed by atoms with van der Waals surface area (Å²) >= 11 is 6.47. The summed E-state index contributed by atoms with van der Waals surface area (Å²) in [7, 11) is 0. The summed E-state index contributed by atoms with van der Waals surface area (Å²) in [6.07, 6.45) is 11.2. The Labute approximate surface area is 188 Å². The summed E-state index contributed by atoms with van der Waals surface area (Å²) in [5.41, 5.74) is 4.67. The van der Waals surface area contributed by atoms with E-state index < -0.39 is 0 Å². The minimum Gasteiger partial charge on any atom is -0.380 e. The predicted molar refractivity (Wildman–Crippen MR) is 125 cm³/mol. The van der Waals surface area contributed by atoms with Crippen molar-refractivity contribution < 1.29 is 4.39 Å². The van der Waals surface area contributed by atoms with Gasteiger partial charge in [0, 0.05) is 42.0 Å². The molecule has 6 heteroatoms. The lowest BCUT2D eigenvalue weighted by atomic mass is 9.93. The highest BCUT2D eigenvalue weighted by Gasteiger charge is 2.13. The molecular weight excluding hydrogens is 411 g/mol. The first-order chi connectivity index (χ1) is 15.2. The Morgan fingerprint density at radius 1 is 1.16 bits per heavy atom. The molecule has 1 aliphatic rings. The number of pyridine rings is 2. The van der Waals surface area contributed by atoms with Crippen LogP contribution in [0.5, 0.6) is 0 Å². The summed E-state index contributed by atoms with van der Waals surface area (Å²) in [4.78, 5) is 8.90. The number of halogens is 2. The highest BCUT2D eigenvalue weighted by atomic mass is 35.5. The maximum Gasteiger partial charge on any atom is 0.123 e. The standard InChI is InChI=1S/C25H28ClFN4/c26-25-17-31-22(8-2-4-18-6-3-9-28-13-18)12-24(25)20-11-23(16-29-15-20)30-14-19-5-1-7-21(27)10-19/h1,5,7,10-12,15-18,28,30H,2-4,6,8-9,13-14H2/t18-/m0/s1. The molecule has 31 heavy (non-hydrogen) atoms. The van der Waals surface area contributed by atoms with Gasteiger partial charge in [-0.25, -0.2) is 4.39 Å². The summed E-state index contributed by atoms with van der Waals surface area (Å²) in [5, 5.41) is 7.41. The zero-order valence-electron chi connectivity index (χ0n) is 17.6. The second-order valence-electron chi connectivity index (χ2n) is 8.21. The summed E-state index contributed by atoms with van der Waals surface area (Å²) in [6, 6.07) is 10.7. The molecule has 0 radical (unpaired) electrons. The summed E-state index contributed by atoms with van der Waals surface area (Å²) in [6.45, 7) is 2.82. The molecule has 0 amide bonds. The van der Waals surface area contributed by atoms with E-state index in [1.165, 1.54) is 31.4 Å². The first kappa shape index (κ1) is 21.7. The molecule has 0 unspecified atom stereocenters. The van der Waals surface area contributed by atoms with Gasteiger partial charge in [-0.1, -0.05) is 23.7 Å². The number of benzene rings is 1. The number of anilines is 1. The van der Waals surface area contributed by atoms with E-state index in [0.29, 0.717) is 11.6 Å². The number of nitrogens with zero attached hydrogens (tertiary/aromatic N) is 2. The molecule has 0 spiro atoms. The molecule has 162 valence electrons. The molecule has 1 aliphatic heterocycles. The molecule has 1 atom stereocenters. The average molecular weight is 439 g/mol. The highest BCUT2D eigenvalue weighted by molar-refractivity contribution is 6.33. The van der Waals surface area contributed by atoms with Gasteiger partial charge in [0.05, 0.1) is 10.7 Å². The van der Waals surface area contributed by atoms with E-state index in [9.17, 15) is 4.39 Å². The zero-order chi connectivity index (χ0) is 21.5. The number of piperidine rings is 1. The predicted octanol–water partition coefficient (Wildman–Crippen LogP) is 5.87. The fourth-order valence-corrected chi connectivity index (χ4v) is 4.33. The van der Waals surface area contributed by atoms with E-state index in [0.717, 1.165) is 59.9 Å². The van der Waals surface area contributed by atoms with Crippen LogP contribution in [0.3, 0.4) is 0 Å². The fourth-order valence-electron chi connectivity index (χ4n) is 4.12. The molecule has 0 saturated carbocycles. The molecule has 4 rings (SSSR count). The van der Waals surface area contributed by atoms with Crippen molar-refractivity contribution >= 4 is 17.3 Å². The maximum absolute atomic E-state index is 13.4. The lowest BCUT2D eigenvalue weighted by Crippen LogP contribution is -2.29. The number of nitrogens with one attached hydrogen (secondary N) is 2. The third-order valence-electron chi connectivity index (χ3n) is 5.79. The van der Waals surface area contributed by atoms with Gasteiger partial charge in [0.25, 0.3) is 0 Å². The van der Waals surface area contributed by atoms with Gasteiger partial charge < -0.3 is 10.6 Å². The third kappa shape index (κ3) is 6.25. The molecule has 1 aromatic carbocycles. The van der Waals surface area contributed by atoms with Gasteiger partial charge in [-0.05, 0) is 80.9 Å². The van der Waals surface area contributed by atoms with Gasteiger partial charge in [0.15, 0.2) is 0 Å². The molecule has 0 bridgehead atoms. The minimum atomic E-state index is -0.234. The Morgan fingerprint density at radius 2 is 2.10 bits per heavy atom. The van der Waals surface area contributed by atoms with E-state index in [1.54, 1.807) is 18.5 Å². The van der Waals surface area contributed by atoms with Gasteiger partial charge in [-0.2, -0.15) is 0 Å². The highest BCUT2D eigenvalue weighted by Crippen LogP contribution is 2.29. The maximum atomic E-state index is 13.4. The number of aryl methyl sites for hydroxylation is 1. The summed E-state index contributed by atoms with van der Waals surface area (Å²) in [5.74, 6) is 0.549. The number of hydrogen-bond acceptors (Lipinski definition) is 4. The van der Waals surface area contributed by atoms with Crippen LogP contribution >= 0.6 is 11.6 Å². The average Bonchev–Trinajstić information content (AvgIpc) is 2.80.